The number of likely N-dealkylation sites (N-methyl/N-ethyl adjacent to an activating group) is 1. The van der Waals surface area contributed by atoms with Crippen LogP contribution in [0.5, 0.6) is 5.75 Å². The fourth-order valence-corrected chi connectivity index (χ4v) is 3.59. The van der Waals surface area contributed by atoms with E-state index in [1.165, 1.54) is 24.3 Å². The molecule has 0 saturated heterocycles. The molecule has 1 unspecified atom stereocenters. The molecule has 0 radical (unpaired) electrons. The summed E-state index contributed by atoms with van der Waals surface area (Å²) in [4.78, 5) is 9.05. The normalized spacial score (nSPS) is 16.5. The molecule has 0 amide bonds. The van der Waals surface area contributed by atoms with Gasteiger partial charge >= 0.3 is 0 Å². The quantitative estimate of drug-likeness (QED) is 0.405. The van der Waals surface area contributed by atoms with Gasteiger partial charge in [0.25, 0.3) is 5.95 Å². The molecule has 2 aromatic rings. The topological polar surface area (TPSA) is 128 Å². The third-order valence-corrected chi connectivity index (χ3v) is 5.79. The lowest BCUT2D eigenvalue weighted by Crippen LogP contribution is -2.32. The van der Waals surface area contributed by atoms with Crippen molar-refractivity contribution >= 4 is 11.6 Å². The summed E-state index contributed by atoms with van der Waals surface area (Å²) < 4.78 is 11.5. The van der Waals surface area contributed by atoms with Gasteiger partial charge in [-0.2, -0.15) is 4.98 Å². The van der Waals surface area contributed by atoms with E-state index < -0.39 is 0 Å². The second kappa shape index (κ2) is 10.5. The molecule has 2 heterocycles. The Hall–Kier alpha value is -2.81. The largest absolute Gasteiger partial charge is 0.489 e. The first-order chi connectivity index (χ1) is 14.9. The van der Waals surface area contributed by atoms with E-state index in [0.717, 1.165) is 30.7 Å². The summed E-state index contributed by atoms with van der Waals surface area (Å²) in [6.45, 7) is 6.39. The monoisotopic (exact) mass is 429 g/mol. The van der Waals surface area contributed by atoms with Gasteiger partial charge in [0.2, 0.25) is 5.89 Å². The second-order valence-corrected chi connectivity index (χ2v) is 8.25. The van der Waals surface area contributed by atoms with E-state index in [0.29, 0.717) is 35.5 Å². The standard InChI is InChI=1S/C22H35N7O2/c1-5-14(2)21-27-22(28-31-21)25-13-18(29(4)24)20(23)17-11-12-19(15(3)26-17)30-16-9-7-6-8-10-16/h11-12,14,16H,5-10,13,23-24H2,1-4H3,(H,25,28)/b20-18-. The van der Waals surface area contributed by atoms with Gasteiger partial charge in [-0.25, -0.2) is 10.8 Å². The van der Waals surface area contributed by atoms with E-state index in [-0.39, 0.29) is 12.0 Å². The van der Waals surface area contributed by atoms with E-state index in [9.17, 15) is 0 Å². The summed E-state index contributed by atoms with van der Waals surface area (Å²) >= 11 is 0. The van der Waals surface area contributed by atoms with Crippen molar-refractivity contribution in [2.24, 2.45) is 11.6 Å². The molecule has 9 nitrogen and oxygen atoms in total. The molecule has 170 valence electrons. The molecule has 31 heavy (non-hydrogen) atoms. The number of nitrogens with one attached hydrogen (secondary N) is 1. The van der Waals surface area contributed by atoms with E-state index >= 15 is 0 Å². The highest BCUT2D eigenvalue weighted by Crippen LogP contribution is 2.26. The molecule has 5 N–H and O–H groups in total. The molecule has 1 saturated carbocycles. The summed E-state index contributed by atoms with van der Waals surface area (Å²) in [5, 5.41) is 8.58. The number of nitrogens with zero attached hydrogens (tertiary/aromatic N) is 4. The van der Waals surface area contributed by atoms with Gasteiger partial charge in [0.1, 0.15) is 5.75 Å². The van der Waals surface area contributed by atoms with Gasteiger partial charge in [-0.1, -0.05) is 20.3 Å². The Bertz CT molecular complexity index is 888. The van der Waals surface area contributed by atoms with E-state index in [1.807, 2.05) is 26.0 Å². The molecule has 1 aliphatic carbocycles. The number of nitrogens with two attached hydrogens (primary N) is 2. The van der Waals surface area contributed by atoms with Crippen LogP contribution in [-0.2, 0) is 0 Å². The van der Waals surface area contributed by atoms with Gasteiger partial charge in [0, 0.05) is 13.0 Å². The van der Waals surface area contributed by atoms with E-state index in [4.69, 9.17) is 20.8 Å². The fourth-order valence-electron chi connectivity index (χ4n) is 3.59. The van der Waals surface area contributed by atoms with Crippen LogP contribution < -0.4 is 21.6 Å². The summed E-state index contributed by atoms with van der Waals surface area (Å²) in [5.74, 6) is 8.08. The van der Waals surface area contributed by atoms with Crippen LogP contribution >= 0.6 is 0 Å². The molecule has 9 heteroatoms. The number of ether oxygens (including phenoxy) is 1. The smallest absolute Gasteiger partial charge is 0.263 e. The highest BCUT2D eigenvalue weighted by molar-refractivity contribution is 5.64. The Labute approximate surface area is 184 Å². The molecular formula is C22H35N7O2. The number of rotatable bonds is 9. The minimum atomic E-state index is 0.210. The van der Waals surface area contributed by atoms with Crippen LogP contribution in [0, 0.1) is 6.92 Å². The zero-order chi connectivity index (χ0) is 22.4. The molecule has 0 aromatic carbocycles. The Morgan fingerprint density at radius 2 is 2.03 bits per heavy atom. The Kier molecular flexibility index (Phi) is 7.73. The average Bonchev–Trinajstić information content (AvgIpc) is 3.24. The van der Waals surface area contributed by atoms with Gasteiger partial charge in [-0.15, -0.1) is 0 Å². The third-order valence-electron chi connectivity index (χ3n) is 5.79. The first kappa shape index (κ1) is 22.9. The van der Waals surface area contributed by atoms with Crippen molar-refractivity contribution in [2.75, 3.05) is 18.9 Å². The Morgan fingerprint density at radius 1 is 1.29 bits per heavy atom. The number of pyridine rings is 1. The zero-order valence-corrected chi connectivity index (χ0v) is 19.0. The highest BCUT2D eigenvalue weighted by atomic mass is 16.5. The first-order valence-corrected chi connectivity index (χ1v) is 11.1. The predicted molar refractivity (Wildman–Crippen MR) is 121 cm³/mol. The van der Waals surface area contributed by atoms with Crippen molar-refractivity contribution in [2.45, 2.75) is 71.3 Å². The van der Waals surface area contributed by atoms with E-state index in [1.54, 1.807) is 7.05 Å². The zero-order valence-electron chi connectivity index (χ0n) is 19.0. The summed E-state index contributed by atoms with van der Waals surface area (Å²) in [7, 11) is 1.73. The first-order valence-electron chi connectivity index (χ1n) is 11.1. The van der Waals surface area contributed by atoms with Gasteiger partial charge in [-0.3, -0.25) is 0 Å². The molecule has 0 aliphatic heterocycles. The maximum Gasteiger partial charge on any atom is 0.263 e. The number of hydrazine groups is 1. The number of anilines is 1. The Morgan fingerprint density at radius 3 is 2.68 bits per heavy atom. The minimum absolute atomic E-state index is 0.210. The van der Waals surface area contributed by atoms with Crippen LogP contribution in [-0.4, -0.2) is 39.8 Å². The van der Waals surface area contributed by atoms with Gasteiger partial charge in [-0.05, 0) is 56.3 Å². The lowest BCUT2D eigenvalue weighted by molar-refractivity contribution is 0.153. The van der Waals surface area contributed by atoms with Crippen molar-refractivity contribution in [3.8, 4) is 5.75 Å². The van der Waals surface area contributed by atoms with Crippen LogP contribution in [0.2, 0.25) is 0 Å². The van der Waals surface area contributed by atoms with Gasteiger partial charge in [0.15, 0.2) is 0 Å². The van der Waals surface area contributed by atoms with Crippen LogP contribution in [0.25, 0.3) is 5.70 Å². The van der Waals surface area contributed by atoms with Crippen molar-refractivity contribution in [1.82, 2.24) is 20.1 Å². The molecule has 2 aromatic heterocycles. The summed E-state index contributed by atoms with van der Waals surface area (Å²) in [5.41, 5.74) is 9.05. The number of hydrogen-bond donors (Lipinski definition) is 3. The molecule has 0 bridgehead atoms. The second-order valence-electron chi connectivity index (χ2n) is 8.25. The van der Waals surface area contributed by atoms with Crippen LogP contribution in [0.3, 0.4) is 0 Å². The van der Waals surface area contributed by atoms with Crippen LogP contribution in [0.1, 0.15) is 75.6 Å². The van der Waals surface area contributed by atoms with E-state index in [2.05, 4.69) is 27.4 Å². The third kappa shape index (κ3) is 5.88. The molecule has 1 fully saturated rings. The minimum Gasteiger partial charge on any atom is -0.489 e. The molecule has 3 rings (SSSR count). The molecule has 0 spiro atoms. The maximum absolute atomic E-state index is 6.43. The fraction of sp³-hybridized carbons (Fsp3) is 0.591. The molecule has 1 aliphatic rings. The van der Waals surface area contributed by atoms with Gasteiger partial charge < -0.3 is 25.3 Å². The lowest BCUT2D eigenvalue weighted by atomic mass is 9.98. The summed E-state index contributed by atoms with van der Waals surface area (Å²) in [6, 6.07) is 3.82. The predicted octanol–water partition coefficient (Wildman–Crippen LogP) is 3.54. The van der Waals surface area contributed by atoms with Crippen molar-refractivity contribution in [1.29, 1.82) is 0 Å². The summed E-state index contributed by atoms with van der Waals surface area (Å²) in [6.07, 6.45) is 7.16. The van der Waals surface area contributed by atoms with Gasteiger partial charge in [0.05, 0.1) is 35.4 Å². The van der Waals surface area contributed by atoms with Crippen molar-refractivity contribution in [3.05, 3.63) is 35.1 Å². The molecular weight excluding hydrogens is 394 g/mol. The van der Waals surface area contributed by atoms with Crippen molar-refractivity contribution < 1.29 is 9.26 Å². The lowest BCUT2D eigenvalue weighted by Gasteiger charge is -2.24. The number of aromatic nitrogens is 3. The van der Waals surface area contributed by atoms with Crippen LogP contribution in [0.15, 0.2) is 22.4 Å². The van der Waals surface area contributed by atoms with Crippen LogP contribution in [0.4, 0.5) is 5.95 Å². The SMILES string of the molecule is CCC(C)c1nc(NC/C(=C(/N)c2ccc(OC3CCCCC3)c(C)n2)N(C)N)no1. The molecule has 1 atom stereocenters. The maximum atomic E-state index is 6.43. The highest BCUT2D eigenvalue weighted by Gasteiger charge is 2.18. The average molecular weight is 430 g/mol. The number of hydrogen-bond acceptors (Lipinski definition) is 9. The number of aryl methyl sites for hydroxylation is 1. The van der Waals surface area contributed by atoms with Crippen molar-refractivity contribution in [3.63, 3.8) is 0 Å². The Balaban J connectivity index is 1.72.